The topological polar surface area (TPSA) is 59.2 Å². The predicted molar refractivity (Wildman–Crippen MR) is 78.4 cm³/mol. The molecule has 1 fully saturated rings. The maximum atomic E-state index is 12.7. The van der Waals surface area contributed by atoms with Crippen LogP contribution in [0.4, 0.5) is 0 Å². The van der Waals surface area contributed by atoms with Crippen molar-refractivity contribution >= 4 is 29.1 Å². The third-order valence-electron chi connectivity index (χ3n) is 3.32. The van der Waals surface area contributed by atoms with Gasteiger partial charge < -0.3 is 9.32 Å². The number of halogens is 2. The number of rotatable bonds is 4. The van der Waals surface area contributed by atoms with Crippen molar-refractivity contribution in [2.24, 2.45) is 0 Å². The van der Waals surface area contributed by atoms with Gasteiger partial charge in [0.25, 0.3) is 5.91 Å². The molecule has 0 radical (unpaired) electrons. The molecule has 3 rings (SSSR count). The zero-order valence-corrected chi connectivity index (χ0v) is 12.9. The van der Waals surface area contributed by atoms with Crippen molar-refractivity contribution in [3.8, 4) is 0 Å². The molecule has 0 bridgehead atoms. The highest BCUT2D eigenvalue weighted by molar-refractivity contribution is 6.34. The second-order valence-corrected chi connectivity index (χ2v) is 5.79. The molecular formula is C14H13Cl2N3O2. The van der Waals surface area contributed by atoms with Crippen LogP contribution in [0.2, 0.25) is 10.3 Å². The summed E-state index contributed by atoms with van der Waals surface area (Å²) in [5.74, 6) is 1.37. The molecule has 7 heteroatoms. The van der Waals surface area contributed by atoms with E-state index in [4.69, 9.17) is 27.6 Å². The first-order valence-corrected chi connectivity index (χ1v) is 7.35. The van der Waals surface area contributed by atoms with Gasteiger partial charge in [-0.2, -0.15) is 0 Å². The number of hydrogen-bond donors (Lipinski definition) is 0. The Hall–Kier alpha value is -1.59. The van der Waals surface area contributed by atoms with Gasteiger partial charge in [-0.1, -0.05) is 23.2 Å². The van der Waals surface area contributed by atoms with Crippen molar-refractivity contribution < 1.29 is 9.21 Å². The summed E-state index contributed by atoms with van der Waals surface area (Å²) in [6, 6.07) is 5.41. The van der Waals surface area contributed by atoms with Gasteiger partial charge in [0.15, 0.2) is 10.3 Å². The molecule has 0 aliphatic heterocycles. The Balaban J connectivity index is 1.86. The Morgan fingerprint density at radius 1 is 1.38 bits per heavy atom. The summed E-state index contributed by atoms with van der Waals surface area (Å²) < 4.78 is 5.55. The molecule has 1 amide bonds. The summed E-state index contributed by atoms with van der Waals surface area (Å²) in [7, 11) is 0. The van der Waals surface area contributed by atoms with Gasteiger partial charge in [-0.15, -0.1) is 10.2 Å². The summed E-state index contributed by atoms with van der Waals surface area (Å²) in [6.07, 6.45) is 1.96. The monoisotopic (exact) mass is 325 g/mol. The number of carbonyl (C=O) groups excluding carboxylic acids is 1. The largest absolute Gasteiger partial charge is 0.464 e. The van der Waals surface area contributed by atoms with Crippen LogP contribution < -0.4 is 0 Å². The Morgan fingerprint density at radius 3 is 2.76 bits per heavy atom. The smallest absolute Gasteiger partial charge is 0.257 e. The van der Waals surface area contributed by atoms with E-state index in [0.29, 0.717) is 6.54 Å². The normalized spacial score (nSPS) is 14.2. The van der Waals surface area contributed by atoms with E-state index < -0.39 is 0 Å². The van der Waals surface area contributed by atoms with E-state index in [-0.39, 0.29) is 27.8 Å². The first kappa shape index (κ1) is 14.4. The lowest BCUT2D eigenvalue weighted by Crippen LogP contribution is -2.32. The first-order valence-electron chi connectivity index (χ1n) is 6.59. The van der Waals surface area contributed by atoms with Crippen LogP contribution in [0, 0.1) is 6.92 Å². The Morgan fingerprint density at radius 2 is 2.14 bits per heavy atom. The molecule has 0 unspecified atom stereocenters. The molecule has 1 saturated carbocycles. The van der Waals surface area contributed by atoms with Crippen molar-refractivity contribution in [3.05, 3.63) is 45.6 Å². The fraction of sp³-hybridized carbons (Fsp3) is 0.357. The van der Waals surface area contributed by atoms with E-state index in [1.54, 1.807) is 4.90 Å². The second-order valence-electron chi connectivity index (χ2n) is 5.05. The van der Waals surface area contributed by atoms with Crippen LogP contribution in [-0.2, 0) is 6.54 Å². The lowest BCUT2D eigenvalue weighted by Gasteiger charge is -2.21. The molecule has 0 atom stereocenters. The van der Waals surface area contributed by atoms with Crippen molar-refractivity contribution in [1.82, 2.24) is 15.1 Å². The van der Waals surface area contributed by atoms with Crippen LogP contribution in [0.25, 0.3) is 0 Å². The molecule has 0 aromatic carbocycles. The number of hydrogen-bond acceptors (Lipinski definition) is 4. The van der Waals surface area contributed by atoms with Crippen LogP contribution in [0.5, 0.6) is 0 Å². The average Bonchev–Trinajstić information content (AvgIpc) is 3.21. The molecule has 110 valence electrons. The average molecular weight is 326 g/mol. The van der Waals surface area contributed by atoms with Gasteiger partial charge in [0.2, 0.25) is 0 Å². The minimum absolute atomic E-state index is 0.0608. The highest BCUT2D eigenvalue weighted by atomic mass is 35.5. The van der Waals surface area contributed by atoms with Crippen molar-refractivity contribution in [2.45, 2.75) is 32.4 Å². The Bertz CT molecular complexity index is 683. The minimum atomic E-state index is -0.201. The van der Waals surface area contributed by atoms with Gasteiger partial charge >= 0.3 is 0 Å². The van der Waals surface area contributed by atoms with E-state index in [1.807, 2.05) is 19.1 Å². The number of aryl methyl sites for hydroxylation is 1. The summed E-state index contributed by atoms with van der Waals surface area (Å²) in [5.41, 5.74) is 0.270. The maximum absolute atomic E-state index is 12.7. The van der Waals surface area contributed by atoms with E-state index in [0.717, 1.165) is 24.4 Å². The highest BCUT2D eigenvalue weighted by Crippen LogP contribution is 2.31. The van der Waals surface area contributed by atoms with E-state index >= 15 is 0 Å². The molecule has 2 aromatic rings. The van der Waals surface area contributed by atoms with Crippen molar-refractivity contribution in [3.63, 3.8) is 0 Å². The first-order chi connectivity index (χ1) is 10.0. The zero-order chi connectivity index (χ0) is 15.0. The van der Waals surface area contributed by atoms with Gasteiger partial charge in [-0.05, 0) is 38.0 Å². The van der Waals surface area contributed by atoms with Gasteiger partial charge in [0.1, 0.15) is 11.5 Å². The van der Waals surface area contributed by atoms with Crippen molar-refractivity contribution in [2.75, 3.05) is 0 Å². The van der Waals surface area contributed by atoms with Gasteiger partial charge in [0.05, 0.1) is 12.1 Å². The van der Waals surface area contributed by atoms with E-state index in [2.05, 4.69) is 10.2 Å². The Kier molecular flexibility index (Phi) is 3.87. The lowest BCUT2D eigenvalue weighted by molar-refractivity contribution is 0.0716. The number of nitrogens with zero attached hydrogens (tertiary/aromatic N) is 3. The summed E-state index contributed by atoms with van der Waals surface area (Å²) in [4.78, 5) is 14.4. The predicted octanol–water partition coefficient (Wildman–Crippen LogP) is 3.49. The van der Waals surface area contributed by atoms with Crippen molar-refractivity contribution in [1.29, 1.82) is 0 Å². The SMILES string of the molecule is Cc1ccc(CN(C(=O)c2cc(Cl)nnc2Cl)C2CC2)o1. The second kappa shape index (κ2) is 5.66. The molecule has 21 heavy (non-hydrogen) atoms. The van der Waals surface area contributed by atoms with Crippen LogP contribution in [0.15, 0.2) is 22.6 Å². The molecule has 2 heterocycles. The molecule has 0 spiro atoms. The minimum Gasteiger partial charge on any atom is -0.464 e. The molecule has 0 saturated heterocycles. The van der Waals surface area contributed by atoms with Crippen LogP contribution in [0.1, 0.15) is 34.7 Å². The molecule has 1 aliphatic carbocycles. The van der Waals surface area contributed by atoms with Gasteiger partial charge in [-0.25, -0.2) is 0 Å². The van der Waals surface area contributed by atoms with E-state index in [9.17, 15) is 4.79 Å². The fourth-order valence-corrected chi connectivity index (χ4v) is 2.47. The molecule has 0 N–H and O–H groups in total. The summed E-state index contributed by atoms with van der Waals surface area (Å²) in [6.45, 7) is 2.28. The number of carbonyl (C=O) groups is 1. The summed E-state index contributed by atoms with van der Waals surface area (Å²) in [5, 5.41) is 7.52. The molecular weight excluding hydrogens is 313 g/mol. The van der Waals surface area contributed by atoms with Crippen LogP contribution in [0.3, 0.4) is 0 Å². The van der Waals surface area contributed by atoms with Gasteiger partial charge in [0, 0.05) is 6.04 Å². The summed E-state index contributed by atoms with van der Waals surface area (Å²) >= 11 is 11.8. The zero-order valence-electron chi connectivity index (χ0n) is 11.3. The standard InChI is InChI=1S/C14H13Cl2N3O2/c1-8-2-5-10(21-8)7-19(9-3-4-9)14(20)11-6-12(15)17-18-13(11)16/h2,5-6,9H,3-4,7H2,1H3. The molecule has 1 aliphatic rings. The highest BCUT2D eigenvalue weighted by Gasteiger charge is 2.34. The van der Waals surface area contributed by atoms with Crippen LogP contribution in [-0.4, -0.2) is 27.0 Å². The number of amides is 1. The van der Waals surface area contributed by atoms with Crippen LogP contribution >= 0.6 is 23.2 Å². The number of aromatic nitrogens is 2. The lowest BCUT2D eigenvalue weighted by atomic mass is 10.2. The third-order valence-corrected chi connectivity index (χ3v) is 3.78. The molecule has 2 aromatic heterocycles. The number of furan rings is 1. The van der Waals surface area contributed by atoms with E-state index in [1.165, 1.54) is 6.07 Å². The van der Waals surface area contributed by atoms with Gasteiger partial charge in [-0.3, -0.25) is 4.79 Å². The Labute approximate surface area is 131 Å². The fourth-order valence-electron chi connectivity index (χ4n) is 2.15. The quantitative estimate of drug-likeness (QED) is 0.863. The maximum Gasteiger partial charge on any atom is 0.257 e. The third kappa shape index (κ3) is 3.19. The molecule has 5 nitrogen and oxygen atoms in total.